The van der Waals surface area contributed by atoms with E-state index in [9.17, 15) is 4.79 Å². The van der Waals surface area contributed by atoms with Crippen LogP contribution in [0.25, 0.3) is 0 Å². The van der Waals surface area contributed by atoms with Crippen LogP contribution < -0.4 is 5.32 Å². The molecule has 1 atom stereocenters. The highest BCUT2D eigenvalue weighted by Gasteiger charge is 2.11. The van der Waals surface area contributed by atoms with Crippen molar-refractivity contribution >= 4 is 5.91 Å². The molecule has 14 heavy (non-hydrogen) atoms. The maximum atomic E-state index is 11.5. The van der Waals surface area contributed by atoms with Gasteiger partial charge in [-0.05, 0) is 12.8 Å². The van der Waals surface area contributed by atoms with E-state index in [1.54, 1.807) is 7.11 Å². The minimum absolute atomic E-state index is 0.0906. The zero-order valence-electron chi connectivity index (χ0n) is 9.43. The molecule has 0 saturated carbocycles. The quantitative estimate of drug-likeness (QED) is 0.504. The molecule has 0 rings (SSSR count). The normalized spacial score (nSPS) is 12.2. The largest absolute Gasteiger partial charge is 0.362 e. The van der Waals surface area contributed by atoms with Crippen LogP contribution in [-0.4, -0.2) is 19.2 Å². The molecule has 82 valence electrons. The standard InChI is InChI=1S/C11H21NO2/c1-5-7-9(3)11(13)12-10(14-4)8-6-2/h10H,3,5-8H2,1-2,4H3,(H,12,13). The Morgan fingerprint density at radius 1 is 1.43 bits per heavy atom. The number of nitrogens with one attached hydrogen (secondary N) is 1. The number of hydrogen-bond acceptors (Lipinski definition) is 2. The Labute approximate surface area is 86.5 Å². The molecule has 0 aromatic carbocycles. The van der Waals surface area contributed by atoms with Crippen LogP contribution in [0.5, 0.6) is 0 Å². The van der Waals surface area contributed by atoms with Crippen molar-refractivity contribution in [1.82, 2.24) is 5.32 Å². The minimum Gasteiger partial charge on any atom is -0.362 e. The van der Waals surface area contributed by atoms with Crippen molar-refractivity contribution in [1.29, 1.82) is 0 Å². The first-order chi connectivity index (χ1) is 6.65. The zero-order chi connectivity index (χ0) is 11.0. The van der Waals surface area contributed by atoms with Gasteiger partial charge in [0.25, 0.3) is 0 Å². The first-order valence-corrected chi connectivity index (χ1v) is 5.17. The van der Waals surface area contributed by atoms with Gasteiger partial charge in [-0.3, -0.25) is 4.79 Å². The monoisotopic (exact) mass is 199 g/mol. The van der Waals surface area contributed by atoms with Crippen LogP contribution >= 0.6 is 0 Å². The smallest absolute Gasteiger partial charge is 0.248 e. The molecule has 0 aliphatic rings. The summed E-state index contributed by atoms with van der Waals surface area (Å²) in [5.41, 5.74) is 0.630. The van der Waals surface area contributed by atoms with Crippen LogP contribution in [0, 0.1) is 0 Å². The average Bonchev–Trinajstić information content (AvgIpc) is 2.17. The van der Waals surface area contributed by atoms with Crippen molar-refractivity contribution in [2.45, 2.75) is 45.8 Å². The fourth-order valence-corrected chi connectivity index (χ4v) is 1.17. The Hall–Kier alpha value is -0.830. The van der Waals surface area contributed by atoms with E-state index in [1.165, 1.54) is 0 Å². The van der Waals surface area contributed by atoms with Gasteiger partial charge >= 0.3 is 0 Å². The van der Waals surface area contributed by atoms with E-state index in [0.29, 0.717) is 5.57 Å². The first kappa shape index (κ1) is 13.2. The summed E-state index contributed by atoms with van der Waals surface area (Å²) in [5, 5.41) is 2.79. The Kier molecular flexibility index (Phi) is 7.11. The highest BCUT2D eigenvalue weighted by molar-refractivity contribution is 5.92. The Bertz CT molecular complexity index is 190. The number of hydrogen-bond donors (Lipinski definition) is 1. The molecule has 0 bridgehead atoms. The maximum absolute atomic E-state index is 11.5. The fourth-order valence-electron chi connectivity index (χ4n) is 1.17. The number of amides is 1. The molecule has 0 aliphatic heterocycles. The summed E-state index contributed by atoms with van der Waals surface area (Å²) in [6.07, 6.45) is 3.33. The van der Waals surface area contributed by atoms with Gasteiger partial charge in [0.15, 0.2) is 0 Å². The Morgan fingerprint density at radius 3 is 2.50 bits per heavy atom. The molecule has 1 N–H and O–H groups in total. The lowest BCUT2D eigenvalue weighted by molar-refractivity contribution is -0.121. The second-order valence-corrected chi connectivity index (χ2v) is 3.34. The second-order valence-electron chi connectivity index (χ2n) is 3.34. The summed E-state index contributed by atoms with van der Waals surface area (Å²) in [6.45, 7) is 7.80. The van der Waals surface area contributed by atoms with E-state index >= 15 is 0 Å². The molecule has 0 heterocycles. The molecule has 0 saturated heterocycles. The van der Waals surface area contributed by atoms with E-state index in [1.807, 2.05) is 6.92 Å². The SMILES string of the molecule is C=C(CCC)C(=O)NC(CCC)OC. The van der Waals surface area contributed by atoms with Crippen LogP contribution in [0.1, 0.15) is 39.5 Å². The molecule has 3 nitrogen and oxygen atoms in total. The van der Waals surface area contributed by atoms with Gasteiger partial charge in [0.1, 0.15) is 6.23 Å². The molecule has 3 heteroatoms. The fraction of sp³-hybridized carbons (Fsp3) is 0.727. The first-order valence-electron chi connectivity index (χ1n) is 5.17. The van der Waals surface area contributed by atoms with Gasteiger partial charge in [0, 0.05) is 12.7 Å². The average molecular weight is 199 g/mol. The zero-order valence-corrected chi connectivity index (χ0v) is 9.43. The lowest BCUT2D eigenvalue weighted by Gasteiger charge is -2.16. The molecular formula is C11H21NO2. The number of carbonyl (C=O) groups excluding carboxylic acids is 1. The molecule has 0 aliphatic carbocycles. The molecule has 0 radical (unpaired) electrons. The van der Waals surface area contributed by atoms with E-state index < -0.39 is 0 Å². The molecular weight excluding hydrogens is 178 g/mol. The van der Waals surface area contributed by atoms with Crippen molar-refractivity contribution < 1.29 is 9.53 Å². The summed E-state index contributed by atoms with van der Waals surface area (Å²) in [7, 11) is 1.60. The summed E-state index contributed by atoms with van der Waals surface area (Å²) in [4.78, 5) is 11.5. The molecule has 0 fully saturated rings. The highest BCUT2D eigenvalue weighted by atomic mass is 16.5. The van der Waals surface area contributed by atoms with Gasteiger partial charge in [-0.25, -0.2) is 0 Å². The molecule has 1 amide bonds. The van der Waals surface area contributed by atoms with Crippen LogP contribution in [-0.2, 0) is 9.53 Å². The van der Waals surface area contributed by atoms with Crippen LogP contribution in [0.2, 0.25) is 0 Å². The molecule has 1 unspecified atom stereocenters. The van der Waals surface area contributed by atoms with Crippen molar-refractivity contribution in [2.75, 3.05) is 7.11 Å². The topological polar surface area (TPSA) is 38.3 Å². The predicted molar refractivity (Wildman–Crippen MR) is 57.9 cm³/mol. The van der Waals surface area contributed by atoms with Crippen LogP contribution in [0.15, 0.2) is 12.2 Å². The second kappa shape index (κ2) is 7.56. The number of methoxy groups -OCH3 is 1. The van der Waals surface area contributed by atoms with Crippen molar-refractivity contribution in [3.05, 3.63) is 12.2 Å². The summed E-state index contributed by atoms with van der Waals surface area (Å²) in [6, 6.07) is 0. The third-order valence-corrected chi connectivity index (χ3v) is 2.00. The van der Waals surface area contributed by atoms with Crippen LogP contribution in [0.3, 0.4) is 0 Å². The van der Waals surface area contributed by atoms with Crippen molar-refractivity contribution in [3.63, 3.8) is 0 Å². The Balaban J connectivity index is 3.95. The number of carbonyl (C=O) groups is 1. The molecule has 0 aromatic heterocycles. The van der Waals surface area contributed by atoms with Crippen molar-refractivity contribution in [3.8, 4) is 0 Å². The lowest BCUT2D eigenvalue weighted by atomic mass is 10.1. The number of rotatable bonds is 7. The van der Waals surface area contributed by atoms with Gasteiger partial charge in [-0.1, -0.05) is 33.3 Å². The lowest BCUT2D eigenvalue weighted by Crippen LogP contribution is -2.36. The van der Waals surface area contributed by atoms with Gasteiger partial charge in [0.05, 0.1) is 0 Å². The van der Waals surface area contributed by atoms with Gasteiger partial charge in [0.2, 0.25) is 5.91 Å². The van der Waals surface area contributed by atoms with Crippen LogP contribution in [0.4, 0.5) is 0 Å². The third-order valence-electron chi connectivity index (χ3n) is 2.00. The van der Waals surface area contributed by atoms with E-state index in [2.05, 4.69) is 18.8 Å². The van der Waals surface area contributed by atoms with E-state index in [0.717, 1.165) is 25.7 Å². The number of ether oxygens (including phenoxy) is 1. The summed E-state index contributed by atoms with van der Waals surface area (Å²) >= 11 is 0. The van der Waals surface area contributed by atoms with Gasteiger partial charge in [-0.15, -0.1) is 0 Å². The van der Waals surface area contributed by atoms with Crippen molar-refractivity contribution in [2.24, 2.45) is 0 Å². The predicted octanol–water partition coefficient (Wildman–Crippen LogP) is 2.23. The van der Waals surface area contributed by atoms with E-state index in [-0.39, 0.29) is 12.1 Å². The summed E-state index contributed by atoms with van der Waals surface area (Å²) < 4.78 is 5.12. The van der Waals surface area contributed by atoms with E-state index in [4.69, 9.17) is 4.74 Å². The summed E-state index contributed by atoms with van der Waals surface area (Å²) in [5.74, 6) is -0.0906. The maximum Gasteiger partial charge on any atom is 0.248 e. The molecule has 0 aromatic rings. The Morgan fingerprint density at radius 2 is 2.07 bits per heavy atom. The third kappa shape index (κ3) is 5.02. The molecule has 0 spiro atoms. The van der Waals surface area contributed by atoms with Gasteiger partial charge in [-0.2, -0.15) is 0 Å². The highest BCUT2D eigenvalue weighted by Crippen LogP contribution is 2.04. The minimum atomic E-state index is -0.180. The van der Waals surface area contributed by atoms with Gasteiger partial charge < -0.3 is 10.1 Å².